The van der Waals surface area contributed by atoms with E-state index in [1.807, 2.05) is 52.0 Å². The van der Waals surface area contributed by atoms with Crippen LogP contribution in [0, 0.1) is 24.2 Å². The van der Waals surface area contributed by atoms with Crippen LogP contribution in [0.1, 0.15) is 83.8 Å². The summed E-state index contributed by atoms with van der Waals surface area (Å²) in [4.78, 5) is 26.9. The summed E-state index contributed by atoms with van der Waals surface area (Å²) >= 11 is 0. The van der Waals surface area contributed by atoms with Gasteiger partial charge in [0.2, 0.25) is 0 Å². The highest BCUT2D eigenvalue weighted by molar-refractivity contribution is 5.89. The number of aryl methyl sites for hydroxylation is 1. The van der Waals surface area contributed by atoms with Crippen LogP contribution in [0.3, 0.4) is 0 Å². The first-order chi connectivity index (χ1) is 22.9. The Kier molecular flexibility index (Phi) is 10.1. The van der Waals surface area contributed by atoms with Crippen LogP contribution >= 0.6 is 0 Å². The molecule has 1 heterocycles. The number of amides is 1. The highest BCUT2D eigenvalue weighted by Gasteiger charge is 2.55. The van der Waals surface area contributed by atoms with Gasteiger partial charge in [0.05, 0.1) is 22.8 Å². The summed E-state index contributed by atoms with van der Waals surface area (Å²) in [5.41, 5.74) is -2.01. The Morgan fingerprint density at radius 2 is 1.45 bits per heavy atom. The minimum Gasteiger partial charge on any atom is -0.465 e. The number of fused-ring (bicyclic) bond motifs is 1. The van der Waals surface area contributed by atoms with Crippen molar-refractivity contribution in [2.45, 2.75) is 77.1 Å². The fraction of sp³-hybridized carbons (Fsp3) is 0.459. The number of carbonyl (C=O) groups is 2. The molecule has 1 aliphatic heterocycles. The summed E-state index contributed by atoms with van der Waals surface area (Å²) in [5.74, 6) is -1.63. The van der Waals surface area contributed by atoms with E-state index in [-0.39, 0.29) is 36.1 Å². The molecule has 0 bridgehead atoms. The smallest absolute Gasteiger partial charge is 0.416 e. The van der Waals surface area contributed by atoms with Gasteiger partial charge in [-0.15, -0.1) is 0 Å². The lowest BCUT2D eigenvalue weighted by molar-refractivity contribution is -0.143. The number of likely N-dealkylation sites (tertiary alicyclic amines) is 1. The highest BCUT2D eigenvalue weighted by atomic mass is 19.4. The Morgan fingerprint density at radius 3 is 2.00 bits per heavy atom. The molecule has 6 atom stereocenters. The van der Waals surface area contributed by atoms with Crippen LogP contribution in [0.5, 0.6) is 0 Å². The van der Waals surface area contributed by atoms with Gasteiger partial charge in [0.15, 0.2) is 0 Å². The molecule has 6 nitrogen and oxygen atoms in total. The second-order valence-electron chi connectivity index (χ2n) is 14.0. The van der Waals surface area contributed by atoms with E-state index in [4.69, 9.17) is 9.47 Å². The molecule has 1 saturated heterocycles. The first-order valence-electron chi connectivity index (χ1n) is 16.1. The van der Waals surface area contributed by atoms with E-state index in [1.54, 1.807) is 18.2 Å². The fourth-order valence-corrected chi connectivity index (χ4v) is 7.76. The first kappa shape index (κ1) is 36.2. The van der Waals surface area contributed by atoms with Crippen LogP contribution in [-0.2, 0) is 21.8 Å². The third kappa shape index (κ3) is 7.90. The van der Waals surface area contributed by atoms with Gasteiger partial charge in [-0.3, -0.25) is 0 Å². The average molecular weight is 692 g/mol. The van der Waals surface area contributed by atoms with Crippen molar-refractivity contribution in [1.29, 1.82) is 0 Å². The minimum atomic E-state index is -5.10. The third-order valence-corrected chi connectivity index (χ3v) is 9.72. The number of alkyl halides is 6. The van der Waals surface area contributed by atoms with Crippen LogP contribution in [-0.4, -0.2) is 47.4 Å². The van der Waals surface area contributed by atoms with Crippen molar-refractivity contribution in [3.63, 3.8) is 0 Å². The minimum absolute atomic E-state index is 0.0452. The van der Waals surface area contributed by atoms with Crippen LogP contribution < -0.4 is 0 Å². The zero-order valence-corrected chi connectivity index (χ0v) is 27.5. The van der Waals surface area contributed by atoms with Crippen LogP contribution in [0.15, 0.2) is 72.8 Å². The molecule has 12 heteroatoms. The topological polar surface area (TPSA) is 76.1 Å². The first-order valence-corrected chi connectivity index (χ1v) is 16.1. The second-order valence-corrected chi connectivity index (χ2v) is 14.0. The Labute approximate surface area is 281 Å². The molecule has 1 unspecified atom stereocenters. The maximum absolute atomic E-state index is 14.0. The fourth-order valence-electron chi connectivity index (χ4n) is 7.76. The van der Waals surface area contributed by atoms with Crippen molar-refractivity contribution in [2.24, 2.45) is 17.3 Å². The van der Waals surface area contributed by atoms with Crippen molar-refractivity contribution in [1.82, 2.24) is 4.90 Å². The SMILES string of the molecule is Cc1ccccc1[C@H]1[C@@H]2CN(C(=O)O)C(C(C)(C)C)[C@H]2CC[C@@H]1O[C@H](COC(=O)c1ccccc1)c1cc(C(F)(F)F)cc(C(F)(F)F)c1. The summed E-state index contributed by atoms with van der Waals surface area (Å²) in [6.45, 7) is 7.33. The normalized spacial score (nSPS) is 23.6. The van der Waals surface area contributed by atoms with E-state index >= 15 is 0 Å². The number of halogens is 6. The molecule has 0 radical (unpaired) electrons. The quantitative estimate of drug-likeness (QED) is 0.197. The summed E-state index contributed by atoms with van der Waals surface area (Å²) in [6, 6.07) is 16.2. The summed E-state index contributed by atoms with van der Waals surface area (Å²) in [5, 5.41) is 10.2. The van der Waals surface area contributed by atoms with Gasteiger partial charge in [-0.05, 0) is 84.0 Å². The Hall–Kier alpha value is -4.06. The zero-order chi connectivity index (χ0) is 35.9. The number of carbonyl (C=O) groups excluding carboxylic acids is 1. The summed E-state index contributed by atoms with van der Waals surface area (Å²) in [6.07, 6.45) is -12.7. The molecular formula is C37H39F6NO5. The summed E-state index contributed by atoms with van der Waals surface area (Å²) in [7, 11) is 0. The molecule has 0 spiro atoms. The second kappa shape index (κ2) is 13.7. The van der Waals surface area contributed by atoms with Crippen LogP contribution in [0.2, 0.25) is 0 Å². The van der Waals surface area contributed by atoms with Crippen molar-refractivity contribution >= 4 is 12.1 Å². The monoisotopic (exact) mass is 691 g/mol. The number of ether oxygens (including phenoxy) is 2. The van der Waals surface area contributed by atoms with Crippen molar-refractivity contribution in [2.75, 3.05) is 13.2 Å². The summed E-state index contributed by atoms with van der Waals surface area (Å²) < 4.78 is 95.8. The van der Waals surface area contributed by atoms with Gasteiger partial charge < -0.3 is 19.5 Å². The molecule has 1 N–H and O–H groups in total. The number of rotatable bonds is 7. The molecular weight excluding hydrogens is 652 g/mol. The number of hydrogen-bond donors (Lipinski definition) is 1. The maximum Gasteiger partial charge on any atom is 0.416 e. The Bertz CT molecular complexity index is 1620. The predicted molar refractivity (Wildman–Crippen MR) is 169 cm³/mol. The van der Waals surface area contributed by atoms with Crippen molar-refractivity contribution in [3.05, 3.63) is 106 Å². The molecule has 49 heavy (non-hydrogen) atoms. The van der Waals surface area contributed by atoms with Crippen LogP contribution in [0.25, 0.3) is 0 Å². The molecule has 2 fully saturated rings. The Balaban J connectivity index is 1.59. The molecule has 5 rings (SSSR count). The average Bonchev–Trinajstić information content (AvgIpc) is 3.44. The van der Waals surface area contributed by atoms with Gasteiger partial charge in [-0.2, -0.15) is 26.3 Å². The molecule has 264 valence electrons. The highest BCUT2D eigenvalue weighted by Crippen LogP contribution is 2.54. The standard InChI is InChI=1S/C37H39F6NO5/c1-21-10-8-9-13-26(21)31-28-19-44(34(46)47)32(35(2,3)4)27(28)14-15-29(31)49-30(20-48-33(45)22-11-6-5-7-12-22)23-16-24(36(38,39)40)18-25(17-23)37(41,42)43/h5-13,16-18,27-32H,14-15,19-20H2,1-4H3,(H,46,47)/t27-,28+,29-,30+,31-,32?/m0/s1. The number of nitrogens with zero attached hydrogens (tertiary/aromatic N) is 1. The number of esters is 1. The maximum atomic E-state index is 14.0. The number of carboxylic acid groups (broad SMARTS) is 1. The molecule has 1 aliphatic carbocycles. The van der Waals surface area contributed by atoms with E-state index in [9.17, 15) is 41.0 Å². The van der Waals surface area contributed by atoms with E-state index in [0.29, 0.717) is 25.0 Å². The van der Waals surface area contributed by atoms with Crippen molar-refractivity contribution in [3.8, 4) is 0 Å². The lowest BCUT2D eigenvalue weighted by Crippen LogP contribution is -2.46. The van der Waals surface area contributed by atoms with Crippen LogP contribution in [0.4, 0.5) is 31.1 Å². The lowest BCUT2D eigenvalue weighted by atomic mass is 9.64. The van der Waals surface area contributed by atoms with Gasteiger partial charge >= 0.3 is 24.4 Å². The largest absolute Gasteiger partial charge is 0.465 e. The lowest BCUT2D eigenvalue weighted by Gasteiger charge is -2.44. The number of hydrogen-bond acceptors (Lipinski definition) is 4. The zero-order valence-electron chi connectivity index (χ0n) is 27.5. The van der Waals surface area contributed by atoms with E-state index < -0.39 is 71.3 Å². The molecule has 1 saturated carbocycles. The van der Waals surface area contributed by atoms with E-state index in [0.717, 1.165) is 11.1 Å². The molecule has 1 amide bonds. The van der Waals surface area contributed by atoms with Crippen molar-refractivity contribution < 1.29 is 50.5 Å². The number of benzene rings is 3. The van der Waals surface area contributed by atoms with Gasteiger partial charge in [-0.1, -0.05) is 63.2 Å². The van der Waals surface area contributed by atoms with E-state index in [2.05, 4.69) is 0 Å². The van der Waals surface area contributed by atoms with Gasteiger partial charge in [-0.25, -0.2) is 9.59 Å². The Morgan fingerprint density at radius 1 is 0.857 bits per heavy atom. The molecule has 3 aromatic carbocycles. The predicted octanol–water partition coefficient (Wildman–Crippen LogP) is 9.53. The molecule has 3 aromatic rings. The van der Waals surface area contributed by atoms with E-state index in [1.165, 1.54) is 17.0 Å². The van der Waals surface area contributed by atoms with Gasteiger partial charge in [0.1, 0.15) is 12.7 Å². The molecule has 0 aromatic heterocycles. The third-order valence-electron chi connectivity index (χ3n) is 9.72. The van der Waals surface area contributed by atoms with Gasteiger partial charge in [0.25, 0.3) is 0 Å². The molecule has 2 aliphatic rings. The van der Waals surface area contributed by atoms with Gasteiger partial charge in [0, 0.05) is 18.5 Å².